The number of hydrogen-bond acceptors (Lipinski definition) is 7. The van der Waals surface area contributed by atoms with Crippen molar-refractivity contribution in [2.75, 3.05) is 18.8 Å². The van der Waals surface area contributed by atoms with Gasteiger partial charge in [-0.1, -0.05) is 35.6 Å². The molecule has 3 heterocycles. The van der Waals surface area contributed by atoms with Crippen LogP contribution in [-0.4, -0.2) is 44.3 Å². The van der Waals surface area contributed by atoms with Gasteiger partial charge in [0, 0.05) is 10.9 Å². The summed E-state index contributed by atoms with van der Waals surface area (Å²) in [5.41, 5.74) is 2.58. The third-order valence-corrected chi connectivity index (χ3v) is 5.15. The zero-order valence-corrected chi connectivity index (χ0v) is 14.9. The number of rotatable bonds is 4. The molecule has 0 fully saturated rings. The summed E-state index contributed by atoms with van der Waals surface area (Å²) in [6.07, 6.45) is 1.52. The molecule has 2 aliphatic rings. The predicted molar refractivity (Wildman–Crippen MR) is 95.3 cm³/mol. The second kappa shape index (κ2) is 6.47. The van der Waals surface area contributed by atoms with E-state index < -0.39 is 11.2 Å². The molecule has 10 heteroatoms. The third-order valence-electron chi connectivity index (χ3n) is 3.68. The molecule has 1 unspecified atom stereocenters. The molecule has 1 aromatic heterocycles. The molecular weight excluding hydrogens is 360 g/mol. The van der Waals surface area contributed by atoms with E-state index in [2.05, 4.69) is 20.6 Å². The fourth-order valence-electron chi connectivity index (χ4n) is 2.54. The van der Waals surface area contributed by atoms with E-state index in [0.717, 1.165) is 21.3 Å². The number of urea groups is 1. The van der Waals surface area contributed by atoms with Gasteiger partial charge in [0.2, 0.25) is 5.88 Å². The van der Waals surface area contributed by atoms with Crippen molar-refractivity contribution in [3.8, 4) is 11.3 Å². The van der Waals surface area contributed by atoms with Crippen molar-refractivity contribution < 1.29 is 9.35 Å². The molecule has 4 rings (SSSR count). The van der Waals surface area contributed by atoms with E-state index in [-0.39, 0.29) is 18.6 Å². The molecule has 0 saturated carbocycles. The van der Waals surface area contributed by atoms with Crippen LogP contribution in [0.5, 0.6) is 0 Å². The Morgan fingerprint density at radius 2 is 2.16 bits per heavy atom. The Balaban J connectivity index is 1.65. The zero-order chi connectivity index (χ0) is 17.4. The van der Waals surface area contributed by atoms with E-state index in [0.29, 0.717) is 11.5 Å². The van der Waals surface area contributed by atoms with Crippen molar-refractivity contribution >= 4 is 34.2 Å². The van der Waals surface area contributed by atoms with Crippen LogP contribution >= 0.6 is 11.3 Å². The van der Waals surface area contributed by atoms with Crippen LogP contribution in [0.2, 0.25) is 0 Å². The van der Waals surface area contributed by atoms with Gasteiger partial charge in [0.1, 0.15) is 10.7 Å². The second-order valence-electron chi connectivity index (χ2n) is 5.44. The van der Waals surface area contributed by atoms with E-state index in [1.54, 1.807) is 0 Å². The van der Waals surface area contributed by atoms with Crippen molar-refractivity contribution in [2.45, 2.75) is 0 Å². The van der Waals surface area contributed by atoms with E-state index in [4.69, 9.17) is 0 Å². The van der Waals surface area contributed by atoms with E-state index in [9.17, 15) is 9.35 Å². The number of fused-ring (bicyclic) bond motifs is 1. The number of nitrogens with zero attached hydrogens (tertiary/aromatic N) is 5. The highest BCUT2D eigenvalue weighted by Crippen LogP contribution is 2.32. The fraction of sp³-hybridized carbons (Fsp3) is 0.200. The Hall–Kier alpha value is -2.43. The van der Waals surface area contributed by atoms with Gasteiger partial charge in [-0.3, -0.25) is 4.90 Å². The Bertz CT molecular complexity index is 864. The molecule has 1 aromatic carbocycles. The summed E-state index contributed by atoms with van der Waals surface area (Å²) in [4.78, 5) is 18.5. The Morgan fingerprint density at radius 3 is 2.92 bits per heavy atom. The van der Waals surface area contributed by atoms with Crippen LogP contribution in [0.1, 0.15) is 5.01 Å². The minimum Gasteiger partial charge on any atom is -0.615 e. The van der Waals surface area contributed by atoms with Gasteiger partial charge in [0.05, 0.1) is 18.6 Å². The number of amides is 2. The summed E-state index contributed by atoms with van der Waals surface area (Å²) in [7, 11) is 0. The van der Waals surface area contributed by atoms with Crippen LogP contribution in [0.4, 0.5) is 4.79 Å². The first kappa shape index (κ1) is 16.1. The smallest absolute Gasteiger partial charge is 0.353 e. The lowest BCUT2D eigenvalue weighted by Gasteiger charge is -2.25. The molecule has 128 valence electrons. The molecule has 0 spiro atoms. The summed E-state index contributed by atoms with van der Waals surface area (Å²) < 4.78 is 11.3. The maximum Gasteiger partial charge on any atom is 0.353 e. The SMILES string of the molecule is C[S+]([O-])CN1N=NC2=C(c3nc(-c4ccccc4)cs3)NCN2C1=O. The van der Waals surface area contributed by atoms with E-state index in [1.807, 2.05) is 35.7 Å². The van der Waals surface area contributed by atoms with Crippen LogP contribution in [0.25, 0.3) is 17.0 Å². The lowest BCUT2D eigenvalue weighted by atomic mass is 10.2. The second-order valence-corrected chi connectivity index (χ2v) is 7.70. The predicted octanol–water partition coefficient (Wildman–Crippen LogP) is 2.44. The molecule has 8 nitrogen and oxygen atoms in total. The van der Waals surface area contributed by atoms with Gasteiger partial charge in [-0.25, -0.2) is 9.78 Å². The van der Waals surface area contributed by atoms with Gasteiger partial charge in [0.15, 0.2) is 5.82 Å². The van der Waals surface area contributed by atoms with Crippen molar-refractivity contribution in [2.24, 2.45) is 10.3 Å². The van der Waals surface area contributed by atoms with Crippen molar-refractivity contribution in [3.05, 3.63) is 46.5 Å². The molecule has 2 aliphatic heterocycles. The number of hydrogen-bond donors (Lipinski definition) is 1. The first-order chi connectivity index (χ1) is 12.1. The fourth-order valence-corrected chi connectivity index (χ4v) is 3.89. The Morgan fingerprint density at radius 1 is 1.36 bits per heavy atom. The maximum atomic E-state index is 12.4. The highest BCUT2D eigenvalue weighted by molar-refractivity contribution is 7.90. The number of benzene rings is 1. The molecule has 2 amide bonds. The molecular formula is C15H14N6O2S2. The standard InChI is InChI=1S/C15H14N6O2S2/c1-25(23)9-21-15(22)20-8-16-12(13(20)18-19-21)14-17-11(7-24-14)10-5-3-2-4-6-10/h2-7,16H,8-9H2,1H3. The number of thiazole rings is 1. The van der Waals surface area contributed by atoms with Crippen LogP contribution < -0.4 is 5.32 Å². The molecule has 0 radical (unpaired) electrons. The molecule has 0 aliphatic carbocycles. The highest BCUT2D eigenvalue weighted by Gasteiger charge is 2.37. The van der Waals surface area contributed by atoms with E-state index in [1.165, 1.54) is 22.5 Å². The van der Waals surface area contributed by atoms with Gasteiger partial charge >= 0.3 is 6.03 Å². The summed E-state index contributed by atoms with van der Waals surface area (Å²) in [6, 6.07) is 9.54. The first-order valence-electron chi connectivity index (χ1n) is 7.43. The number of aromatic nitrogens is 1. The lowest BCUT2D eigenvalue weighted by Crippen LogP contribution is -2.43. The minimum atomic E-state index is -1.18. The summed E-state index contributed by atoms with van der Waals surface area (Å²) in [6.45, 7) is 0.287. The average molecular weight is 374 g/mol. The van der Waals surface area contributed by atoms with Gasteiger partial charge in [-0.05, 0) is 11.2 Å². The zero-order valence-electron chi connectivity index (χ0n) is 13.2. The van der Waals surface area contributed by atoms with Crippen LogP contribution in [0.3, 0.4) is 0 Å². The number of carbonyl (C=O) groups is 1. The van der Waals surface area contributed by atoms with Crippen LogP contribution in [-0.2, 0) is 11.2 Å². The maximum absolute atomic E-state index is 12.4. The van der Waals surface area contributed by atoms with Gasteiger partial charge < -0.3 is 9.87 Å². The molecule has 25 heavy (non-hydrogen) atoms. The third kappa shape index (κ3) is 2.99. The Labute approximate surface area is 151 Å². The molecule has 0 saturated heterocycles. The monoisotopic (exact) mass is 374 g/mol. The normalized spacial score (nSPS) is 17.8. The van der Waals surface area contributed by atoms with Gasteiger partial charge in [-0.15, -0.1) is 21.5 Å². The van der Waals surface area contributed by atoms with Crippen molar-refractivity contribution in [1.82, 2.24) is 20.2 Å². The van der Waals surface area contributed by atoms with Gasteiger partial charge in [0.25, 0.3) is 0 Å². The highest BCUT2D eigenvalue weighted by atomic mass is 32.2. The lowest BCUT2D eigenvalue weighted by molar-refractivity contribution is 0.161. The van der Waals surface area contributed by atoms with Crippen LogP contribution in [0.15, 0.2) is 51.9 Å². The summed E-state index contributed by atoms with van der Waals surface area (Å²) >= 11 is 0.300. The Kier molecular flexibility index (Phi) is 4.15. The van der Waals surface area contributed by atoms with E-state index >= 15 is 0 Å². The number of carbonyl (C=O) groups excluding carboxylic acids is 1. The van der Waals surface area contributed by atoms with Crippen LogP contribution in [0, 0.1) is 0 Å². The topological polar surface area (TPSA) is 96.2 Å². The minimum absolute atomic E-state index is 0.0247. The number of nitrogens with one attached hydrogen (secondary N) is 1. The molecule has 0 bridgehead atoms. The largest absolute Gasteiger partial charge is 0.615 e. The summed E-state index contributed by atoms with van der Waals surface area (Å²) in [5, 5.41) is 15.0. The molecule has 2 aromatic rings. The quantitative estimate of drug-likeness (QED) is 0.831. The molecule has 1 atom stereocenters. The average Bonchev–Trinajstić information content (AvgIpc) is 3.25. The van der Waals surface area contributed by atoms with Crippen molar-refractivity contribution in [1.29, 1.82) is 0 Å². The first-order valence-corrected chi connectivity index (χ1v) is 10.0. The van der Waals surface area contributed by atoms with Crippen molar-refractivity contribution in [3.63, 3.8) is 0 Å². The summed E-state index contributed by atoms with van der Waals surface area (Å²) in [5.74, 6) is 0.466. The van der Waals surface area contributed by atoms with Gasteiger partial charge in [-0.2, -0.15) is 0 Å². The molecule has 1 N–H and O–H groups in total.